The molecule has 5 N–H and O–H groups in total. The van der Waals surface area contributed by atoms with E-state index in [-0.39, 0.29) is 0 Å². The van der Waals surface area contributed by atoms with Crippen molar-refractivity contribution in [2.24, 2.45) is 5.73 Å². The second-order valence-corrected chi connectivity index (χ2v) is 6.32. The van der Waals surface area contributed by atoms with Crippen LogP contribution in [-0.4, -0.2) is 16.2 Å². The zero-order chi connectivity index (χ0) is 17.4. The van der Waals surface area contributed by atoms with Crippen molar-refractivity contribution >= 4 is 45.5 Å². The van der Waals surface area contributed by atoms with E-state index in [0.29, 0.717) is 11.5 Å². The van der Waals surface area contributed by atoms with Gasteiger partial charge in [0.25, 0.3) is 0 Å². The number of rotatable bonds is 3. The Morgan fingerprint density at radius 2 is 1.88 bits per heavy atom. The number of primary amides is 1. The number of carbonyl (C=O) groups excluding carboxylic acids is 1. The predicted octanol–water partition coefficient (Wildman–Crippen LogP) is 4.09. The molecule has 0 spiro atoms. The normalized spacial score (nSPS) is 10.9. The molecule has 2 aromatic heterocycles. The number of nitrogen functional groups attached to an aromatic ring is 1. The van der Waals surface area contributed by atoms with Crippen LogP contribution in [-0.2, 0) is 0 Å². The molecule has 124 valence electrons. The number of amides is 2. The third-order valence-corrected chi connectivity index (χ3v) is 4.71. The minimum absolute atomic E-state index is 0.465. The fraction of sp³-hybridized carbons (Fsp3) is 0. The summed E-state index contributed by atoms with van der Waals surface area (Å²) in [6.45, 7) is 0. The van der Waals surface area contributed by atoms with Crippen molar-refractivity contribution in [1.82, 2.24) is 10.2 Å². The average molecular weight is 349 g/mol. The maximum atomic E-state index is 11.9. The molecule has 2 heterocycles. The Labute approximate surface area is 147 Å². The van der Waals surface area contributed by atoms with Crippen molar-refractivity contribution in [3.63, 3.8) is 0 Å². The van der Waals surface area contributed by atoms with E-state index in [4.69, 9.17) is 11.5 Å². The molecule has 4 rings (SSSR count). The maximum absolute atomic E-state index is 11.9. The zero-order valence-electron chi connectivity index (χ0n) is 13.1. The van der Waals surface area contributed by atoms with Crippen LogP contribution in [0.4, 0.5) is 22.0 Å². The van der Waals surface area contributed by atoms with Crippen LogP contribution < -0.4 is 16.4 Å². The smallest absolute Gasteiger partial charge is 0.323 e. The molecule has 0 radical (unpaired) electrons. The number of aromatic nitrogens is 2. The van der Waals surface area contributed by atoms with Crippen LogP contribution in [0.1, 0.15) is 0 Å². The van der Waals surface area contributed by atoms with Crippen LogP contribution in [0.2, 0.25) is 0 Å². The lowest BCUT2D eigenvalue weighted by Gasteiger charge is -2.19. The standard InChI is InChI=1S/C18H15N5OS/c19-17-16-14(2-1-3-15(16)21-22-17)11-4-6-12(7-5-11)23(18(20)24)13-8-9-25-10-13/h1-10H,(H2,20,24)(H3,19,21,22). The Morgan fingerprint density at radius 3 is 2.56 bits per heavy atom. The van der Waals surface area contributed by atoms with Gasteiger partial charge in [0.15, 0.2) is 5.82 Å². The van der Waals surface area contributed by atoms with E-state index in [1.165, 1.54) is 16.2 Å². The number of thiophene rings is 1. The molecule has 0 saturated heterocycles. The molecule has 6 nitrogen and oxygen atoms in total. The van der Waals surface area contributed by atoms with E-state index in [9.17, 15) is 4.79 Å². The number of hydrogen-bond acceptors (Lipinski definition) is 4. The first-order valence-corrected chi connectivity index (χ1v) is 8.54. The molecule has 0 bridgehead atoms. The van der Waals surface area contributed by atoms with E-state index in [2.05, 4.69) is 10.2 Å². The number of urea groups is 1. The van der Waals surface area contributed by atoms with Gasteiger partial charge in [-0.15, -0.1) is 0 Å². The highest BCUT2D eigenvalue weighted by atomic mass is 32.1. The van der Waals surface area contributed by atoms with Gasteiger partial charge in [0.05, 0.1) is 22.3 Å². The summed E-state index contributed by atoms with van der Waals surface area (Å²) < 4.78 is 0. The van der Waals surface area contributed by atoms with Gasteiger partial charge in [-0.2, -0.15) is 16.4 Å². The van der Waals surface area contributed by atoms with Crippen LogP contribution in [0, 0.1) is 0 Å². The molecular formula is C18H15N5OS. The highest BCUT2D eigenvalue weighted by Crippen LogP contribution is 2.33. The third-order valence-electron chi connectivity index (χ3n) is 4.04. The summed E-state index contributed by atoms with van der Waals surface area (Å²) in [6, 6.07) is 14.8. The van der Waals surface area contributed by atoms with E-state index >= 15 is 0 Å². The molecule has 25 heavy (non-hydrogen) atoms. The van der Waals surface area contributed by atoms with Crippen molar-refractivity contribution in [3.8, 4) is 11.1 Å². The summed E-state index contributed by atoms with van der Waals surface area (Å²) in [5.74, 6) is 0.465. The van der Waals surface area contributed by atoms with Crippen molar-refractivity contribution in [1.29, 1.82) is 0 Å². The molecule has 7 heteroatoms. The van der Waals surface area contributed by atoms with Gasteiger partial charge >= 0.3 is 6.03 Å². The fourth-order valence-corrected chi connectivity index (χ4v) is 3.54. The van der Waals surface area contributed by atoms with Gasteiger partial charge in [0, 0.05) is 5.38 Å². The van der Waals surface area contributed by atoms with E-state index in [1.807, 2.05) is 59.3 Å². The minimum atomic E-state index is -0.521. The average Bonchev–Trinajstić information content (AvgIpc) is 3.26. The number of H-pyrrole nitrogens is 1. The molecule has 0 saturated carbocycles. The van der Waals surface area contributed by atoms with Crippen LogP contribution in [0.15, 0.2) is 59.3 Å². The Bertz CT molecular complexity index is 1040. The Hall–Kier alpha value is -3.32. The van der Waals surface area contributed by atoms with Crippen LogP contribution in [0.3, 0.4) is 0 Å². The van der Waals surface area contributed by atoms with E-state index < -0.39 is 6.03 Å². The number of nitrogens with one attached hydrogen (secondary N) is 1. The number of anilines is 3. The molecule has 0 aliphatic heterocycles. The van der Waals surface area contributed by atoms with E-state index in [1.54, 1.807) is 0 Å². The monoisotopic (exact) mass is 349 g/mol. The van der Waals surface area contributed by atoms with Crippen molar-refractivity contribution in [2.75, 3.05) is 10.6 Å². The van der Waals surface area contributed by atoms with Gasteiger partial charge in [0.2, 0.25) is 0 Å². The van der Waals surface area contributed by atoms with Gasteiger partial charge in [-0.05, 0) is 40.8 Å². The molecule has 0 atom stereocenters. The molecule has 4 aromatic rings. The lowest BCUT2D eigenvalue weighted by atomic mass is 10.0. The fourth-order valence-electron chi connectivity index (χ4n) is 2.92. The van der Waals surface area contributed by atoms with E-state index in [0.717, 1.165) is 27.7 Å². The van der Waals surface area contributed by atoms with Crippen molar-refractivity contribution in [2.45, 2.75) is 0 Å². The van der Waals surface area contributed by atoms with Gasteiger partial charge in [-0.1, -0.05) is 24.3 Å². The number of fused-ring (bicyclic) bond motifs is 1. The molecular weight excluding hydrogens is 334 g/mol. The predicted molar refractivity (Wildman–Crippen MR) is 102 cm³/mol. The summed E-state index contributed by atoms with van der Waals surface area (Å²) in [6.07, 6.45) is 0. The van der Waals surface area contributed by atoms with Gasteiger partial charge in [-0.25, -0.2) is 4.79 Å². The molecule has 2 amide bonds. The minimum Gasteiger partial charge on any atom is -0.382 e. The second kappa shape index (κ2) is 5.95. The molecule has 0 fully saturated rings. The summed E-state index contributed by atoms with van der Waals surface area (Å²) >= 11 is 1.51. The third kappa shape index (κ3) is 2.60. The highest BCUT2D eigenvalue weighted by Gasteiger charge is 2.16. The first-order valence-electron chi connectivity index (χ1n) is 7.60. The van der Waals surface area contributed by atoms with Gasteiger partial charge in [-0.3, -0.25) is 10.00 Å². The van der Waals surface area contributed by atoms with Gasteiger partial charge in [0.1, 0.15) is 0 Å². The lowest BCUT2D eigenvalue weighted by molar-refractivity contribution is 0.256. The summed E-state index contributed by atoms with van der Waals surface area (Å²) in [5.41, 5.74) is 15.9. The van der Waals surface area contributed by atoms with Crippen LogP contribution in [0.25, 0.3) is 22.0 Å². The van der Waals surface area contributed by atoms with Crippen LogP contribution in [0.5, 0.6) is 0 Å². The number of hydrogen-bond donors (Lipinski definition) is 3. The zero-order valence-corrected chi connectivity index (χ0v) is 14.0. The quantitative estimate of drug-likeness (QED) is 0.519. The number of nitrogens with zero attached hydrogens (tertiary/aromatic N) is 2. The molecule has 0 aliphatic carbocycles. The van der Waals surface area contributed by atoms with Gasteiger partial charge < -0.3 is 11.5 Å². The number of nitrogens with two attached hydrogens (primary N) is 2. The SMILES string of the molecule is NC(=O)N(c1ccc(-c2cccc3[nH]nc(N)c23)cc1)c1ccsc1. The maximum Gasteiger partial charge on any atom is 0.323 e. The topological polar surface area (TPSA) is 101 Å². The Balaban J connectivity index is 1.77. The first-order chi connectivity index (χ1) is 12.1. The molecule has 0 unspecified atom stereocenters. The number of benzene rings is 2. The Kier molecular flexibility index (Phi) is 3.62. The summed E-state index contributed by atoms with van der Waals surface area (Å²) in [4.78, 5) is 13.3. The largest absolute Gasteiger partial charge is 0.382 e. The summed E-state index contributed by atoms with van der Waals surface area (Å²) in [5, 5.41) is 11.7. The number of carbonyl (C=O) groups is 1. The molecule has 2 aromatic carbocycles. The summed E-state index contributed by atoms with van der Waals surface area (Å²) in [7, 11) is 0. The van der Waals surface area contributed by atoms with Crippen LogP contribution >= 0.6 is 11.3 Å². The van der Waals surface area contributed by atoms with Crippen molar-refractivity contribution < 1.29 is 4.79 Å². The first kappa shape index (κ1) is 15.2. The Morgan fingerprint density at radius 1 is 1.08 bits per heavy atom. The highest BCUT2D eigenvalue weighted by molar-refractivity contribution is 7.08. The second-order valence-electron chi connectivity index (χ2n) is 5.54. The van der Waals surface area contributed by atoms with Crippen molar-refractivity contribution in [3.05, 3.63) is 59.3 Å². The molecule has 0 aliphatic rings. The lowest BCUT2D eigenvalue weighted by Crippen LogP contribution is -2.31. The number of aromatic amines is 1.